The maximum absolute atomic E-state index is 12.4. The first kappa shape index (κ1) is 24.9. The van der Waals surface area contributed by atoms with Crippen LogP contribution in [0.25, 0.3) is 0 Å². The first-order chi connectivity index (χ1) is 17.4. The van der Waals surface area contributed by atoms with Gasteiger partial charge in [-0.25, -0.2) is 0 Å². The highest BCUT2D eigenvalue weighted by atomic mass is 32.2. The van der Waals surface area contributed by atoms with Gasteiger partial charge in [0.2, 0.25) is 5.91 Å². The van der Waals surface area contributed by atoms with Gasteiger partial charge in [0.15, 0.2) is 5.17 Å². The lowest BCUT2D eigenvalue weighted by Crippen LogP contribution is -2.30. The van der Waals surface area contributed by atoms with Crippen LogP contribution in [0.3, 0.4) is 0 Å². The van der Waals surface area contributed by atoms with Crippen LogP contribution in [0.5, 0.6) is 0 Å². The van der Waals surface area contributed by atoms with Gasteiger partial charge in [0.05, 0.1) is 23.8 Å². The van der Waals surface area contributed by atoms with E-state index in [-0.39, 0.29) is 23.4 Å². The van der Waals surface area contributed by atoms with Gasteiger partial charge >= 0.3 is 5.97 Å². The number of amides is 3. The Morgan fingerprint density at radius 1 is 1.06 bits per heavy atom. The number of nitrogens with one attached hydrogen (secondary N) is 1. The number of amidine groups is 1. The van der Waals surface area contributed by atoms with Gasteiger partial charge in [-0.05, 0) is 31.0 Å². The van der Waals surface area contributed by atoms with Crippen LogP contribution in [-0.4, -0.2) is 56.9 Å². The maximum atomic E-state index is 12.4. The molecule has 1 atom stereocenters. The molecule has 1 fully saturated rings. The van der Waals surface area contributed by atoms with Crippen LogP contribution in [0.15, 0.2) is 58.7 Å². The van der Waals surface area contributed by atoms with E-state index < -0.39 is 17.1 Å². The van der Waals surface area contributed by atoms with Gasteiger partial charge in [-0.1, -0.05) is 53.9 Å². The molecule has 0 aromatic heterocycles. The number of benzene rings is 2. The molecule has 182 valence electrons. The van der Waals surface area contributed by atoms with Gasteiger partial charge in [0.1, 0.15) is 5.25 Å². The van der Waals surface area contributed by atoms with Gasteiger partial charge in [0, 0.05) is 24.1 Å². The number of imide groups is 1. The van der Waals surface area contributed by atoms with Gasteiger partial charge < -0.3 is 10.4 Å². The van der Waals surface area contributed by atoms with Crippen molar-refractivity contribution in [1.82, 2.24) is 10.2 Å². The van der Waals surface area contributed by atoms with Crippen LogP contribution in [0.2, 0.25) is 0 Å². The molecule has 2 N–H and O–H groups in total. The highest BCUT2D eigenvalue weighted by Crippen LogP contribution is 2.23. The number of unbranched alkanes of at least 4 members (excludes halogenated alkanes) is 2. The summed E-state index contributed by atoms with van der Waals surface area (Å²) in [5, 5.41) is 18.9. The lowest BCUT2D eigenvalue weighted by atomic mass is 10.1. The second-order valence-corrected chi connectivity index (χ2v) is 9.19. The number of carboxylic acid groups (broad SMARTS) is 1. The molecule has 2 aromatic carbocycles. The van der Waals surface area contributed by atoms with E-state index in [2.05, 4.69) is 27.4 Å². The largest absolute Gasteiger partial charge is 0.481 e. The van der Waals surface area contributed by atoms with Crippen molar-refractivity contribution < 1.29 is 24.3 Å². The molecule has 0 saturated carbocycles. The Bertz CT molecular complexity index is 1310. The Morgan fingerprint density at radius 3 is 2.47 bits per heavy atom. The first-order valence-electron chi connectivity index (χ1n) is 11.3. The number of rotatable bonds is 8. The summed E-state index contributed by atoms with van der Waals surface area (Å²) in [6, 6.07) is 14.2. The van der Waals surface area contributed by atoms with Crippen molar-refractivity contribution in [3.63, 3.8) is 0 Å². The van der Waals surface area contributed by atoms with E-state index in [0.717, 1.165) is 29.3 Å². The molecule has 0 aliphatic carbocycles. The summed E-state index contributed by atoms with van der Waals surface area (Å²) in [5.74, 6) is 4.29. The molecule has 0 radical (unpaired) electrons. The summed E-state index contributed by atoms with van der Waals surface area (Å²) in [4.78, 5) is 48.7. The molecule has 3 amide bonds. The fraction of sp³-hybridized carbons (Fsp3) is 0.231. The monoisotopic (exact) mass is 502 g/mol. The topological polar surface area (TPSA) is 128 Å². The fourth-order valence-electron chi connectivity index (χ4n) is 3.70. The number of nitrogens with zero attached hydrogens (tertiary/aromatic N) is 3. The highest BCUT2D eigenvalue weighted by molar-refractivity contribution is 8.15. The Kier molecular flexibility index (Phi) is 7.92. The van der Waals surface area contributed by atoms with Crippen molar-refractivity contribution in [2.45, 2.75) is 30.9 Å². The SMILES string of the molecule is O=C(O)CC1SC(=NN=Cc2ccccc2C#CCCCCN2C(=O)c3ccccc3C2=O)NC1=O. The molecule has 36 heavy (non-hydrogen) atoms. The van der Waals surface area contributed by atoms with E-state index in [1.165, 1.54) is 11.1 Å². The lowest BCUT2D eigenvalue weighted by molar-refractivity contribution is -0.138. The Hall–Kier alpha value is -4.23. The number of hydrogen-bond donors (Lipinski definition) is 2. The predicted octanol–water partition coefficient (Wildman–Crippen LogP) is 2.90. The summed E-state index contributed by atoms with van der Waals surface area (Å²) in [6.07, 6.45) is 3.24. The predicted molar refractivity (Wildman–Crippen MR) is 136 cm³/mol. The molecule has 1 saturated heterocycles. The van der Waals surface area contributed by atoms with E-state index in [0.29, 0.717) is 30.5 Å². The molecular formula is C26H22N4O5S. The first-order valence-corrected chi connectivity index (χ1v) is 12.2. The standard InChI is InChI=1S/C26H22N4O5S/c31-22(32)15-21-23(33)28-26(36-21)29-27-16-18-11-5-4-10-17(18)9-3-1-2-8-14-30-24(34)19-12-6-7-13-20(19)25(30)35/h4-7,10-13,16,21H,1-2,8,14-15H2,(H,31,32)(H,28,29,33). The van der Waals surface area contributed by atoms with Crippen molar-refractivity contribution in [2.24, 2.45) is 10.2 Å². The molecular weight excluding hydrogens is 480 g/mol. The third-order valence-corrected chi connectivity index (χ3v) is 6.55. The summed E-state index contributed by atoms with van der Waals surface area (Å²) in [5.41, 5.74) is 2.42. The van der Waals surface area contributed by atoms with Crippen LogP contribution in [-0.2, 0) is 9.59 Å². The number of carbonyl (C=O) groups excluding carboxylic acids is 3. The highest BCUT2D eigenvalue weighted by Gasteiger charge is 2.34. The summed E-state index contributed by atoms with van der Waals surface area (Å²) in [6.45, 7) is 0.361. The minimum atomic E-state index is -1.05. The summed E-state index contributed by atoms with van der Waals surface area (Å²) in [7, 11) is 0. The second-order valence-electron chi connectivity index (χ2n) is 8.00. The number of fused-ring (bicyclic) bond motifs is 1. The van der Waals surface area contributed by atoms with E-state index in [9.17, 15) is 19.2 Å². The molecule has 4 rings (SSSR count). The molecule has 9 nitrogen and oxygen atoms in total. The van der Waals surface area contributed by atoms with Crippen molar-refractivity contribution in [3.8, 4) is 11.8 Å². The quantitative estimate of drug-likeness (QED) is 0.188. The molecule has 0 bridgehead atoms. The third kappa shape index (κ3) is 5.87. The van der Waals surface area contributed by atoms with Crippen molar-refractivity contribution in [3.05, 3.63) is 70.8 Å². The molecule has 2 heterocycles. The summed E-state index contributed by atoms with van der Waals surface area (Å²) < 4.78 is 0. The van der Waals surface area contributed by atoms with Crippen LogP contribution in [0.4, 0.5) is 0 Å². The number of carboxylic acids is 1. The van der Waals surface area contributed by atoms with Crippen molar-refractivity contribution >= 4 is 46.8 Å². The number of hydrogen-bond acceptors (Lipinski definition) is 7. The van der Waals surface area contributed by atoms with Crippen LogP contribution < -0.4 is 5.32 Å². The Balaban J connectivity index is 1.28. The molecule has 2 aliphatic heterocycles. The zero-order valence-corrected chi connectivity index (χ0v) is 20.0. The molecule has 1 unspecified atom stereocenters. The maximum Gasteiger partial charge on any atom is 0.305 e. The van der Waals surface area contributed by atoms with Gasteiger partial charge in [-0.15, -0.1) is 5.10 Å². The Morgan fingerprint density at radius 2 is 1.75 bits per heavy atom. The third-order valence-electron chi connectivity index (χ3n) is 5.48. The number of thioether (sulfide) groups is 1. The van der Waals surface area contributed by atoms with E-state index in [1.54, 1.807) is 24.3 Å². The van der Waals surface area contributed by atoms with Crippen LogP contribution in [0, 0.1) is 11.8 Å². The minimum absolute atomic E-state index is 0.244. The van der Waals surface area contributed by atoms with E-state index in [1.807, 2.05) is 24.3 Å². The van der Waals surface area contributed by atoms with Gasteiger partial charge in [0.25, 0.3) is 11.8 Å². The van der Waals surface area contributed by atoms with Crippen LogP contribution >= 0.6 is 11.8 Å². The average Bonchev–Trinajstić information content (AvgIpc) is 3.33. The van der Waals surface area contributed by atoms with Crippen LogP contribution in [0.1, 0.15) is 57.5 Å². The van der Waals surface area contributed by atoms with Crippen molar-refractivity contribution in [1.29, 1.82) is 0 Å². The molecule has 10 heteroatoms. The minimum Gasteiger partial charge on any atom is -0.481 e. The van der Waals surface area contributed by atoms with E-state index in [4.69, 9.17) is 5.11 Å². The lowest BCUT2D eigenvalue weighted by Gasteiger charge is -2.12. The fourth-order valence-corrected chi connectivity index (χ4v) is 4.61. The Labute approximate surface area is 211 Å². The van der Waals surface area contributed by atoms with E-state index >= 15 is 0 Å². The number of aliphatic carboxylic acids is 1. The normalized spacial score (nSPS) is 17.9. The zero-order valence-electron chi connectivity index (χ0n) is 19.1. The van der Waals surface area contributed by atoms with Gasteiger partial charge in [-0.3, -0.25) is 24.1 Å². The second kappa shape index (κ2) is 11.5. The molecule has 2 aliphatic rings. The van der Waals surface area contributed by atoms with Crippen molar-refractivity contribution in [2.75, 3.05) is 6.54 Å². The average molecular weight is 503 g/mol. The summed E-state index contributed by atoms with van der Waals surface area (Å²) >= 11 is 1.03. The zero-order chi connectivity index (χ0) is 25.5. The molecule has 2 aromatic rings. The number of carbonyl (C=O) groups is 4. The van der Waals surface area contributed by atoms with Gasteiger partial charge in [-0.2, -0.15) is 5.10 Å². The molecule has 0 spiro atoms. The smallest absolute Gasteiger partial charge is 0.305 e.